The highest BCUT2D eigenvalue weighted by molar-refractivity contribution is 6.42. The molecule has 1 aromatic carbocycles. The van der Waals surface area contributed by atoms with Crippen molar-refractivity contribution in [3.05, 3.63) is 40.8 Å². The van der Waals surface area contributed by atoms with Crippen molar-refractivity contribution in [3.63, 3.8) is 0 Å². The van der Waals surface area contributed by atoms with Gasteiger partial charge in [-0.25, -0.2) is 9.97 Å². The molecule has 20 heavy (non-hydrogen) atoms. The van der Waals surface area contributed by atoms with Crippen LogP contribution in [0.25, 0.3) is 0 Å². The first kappa shape index (κ1) is 14.4. The summed E-state index contributed by atoms with van der Waals surface area (Å²) in [6.45, 7) is -0.193. The third-order valence-electron chi connectivity index (χ3n) is 2.25. The van der Waals surface area contributed by atoms with E-state index in [-0.39, 0.29) is 22.6 Å². The van der Waals surface area contributed by atoms with Crippen LogP contribution in [0.2, 0.25) is 10.2 Å². The third kappa shape index (κ3) is 3.72. The molecule has 0 saturated heterocycles. The van der Waals surface area contributed by atoms with E-state index in [1.54, 1.807) is 24.3 Å². The predicted molar refractivity (Wildman–Crippen MR) is 77.0 cm³/mol. The van der Waals surface area contributed by atoms with E-state index >= 15 is 0 Å². The predicted octanol–water partition coefficient (Wildman–Crippen LogP) is 2.38. The fourth-order valence-electron chi connectivity index (χ4n) is 1.32. The van der Waals surface area contributed by atoms with Crippen molar-refractivity contribution in [3.8, 4) is 5.75 Å². The van der Waals surface area contributed by atoms with Crippen LogP contribution < -0.4 is 15.8 Å². The molecule has 0 atom stereocenters. The van der Waals surface area contributed by atoms with Crippen LogP contribution in [0.5, 0.6) is 5.75 Å². The molecule has 0 radical (unpaired) electrons. The Labute approximate surface area is 124 Å². The van der Waals surface area contributed by atoms with Crippen molar-refractivity contribution in [1.82, 2.24) is 9.97 Å². The molecule has 0 fully saturated rings. The maximum atomic E-state index is 11.7. The van der Waals surface area contributed by atoms with Crippen molar-refractivity contribution in [2.75, 3.05) is 17.7 Å². The van der Waals surface area contributed by atoms with Gasteiger partial charge in [-0.2, -0.15) is 0 Å². The second kappa shape index (κ2) is 6.40. The summed E-state index contributed by atoms with van der Waals surface area (Å²) in [5.74, 6) is 0.247. The van der Waals surface area contributed by atoms with Crippen molar-refractivity contribution >= 4 is 40.6 Å². The van der Waals surface area contributed by atoms with Gasteiger partial charge in [0.2, 0.25) is 0 Å². The van der Waals surface area contributed by atoms with Crippen molar-refractivity contribution in [2.24, 2.45) is 0 Å². The number of aromatic nitrogens is 2. The van der Waals surface area contributed by atoms with E-state index in [2.05, 4.69) is 15.3 Å². The Bertz CT molecular complexity index is 619. The van der Waals surface area contributed by atoms with Gasteiger partial charge in [-0.05, 0) is 24.3 Å². The number of carbonyl (C=O) groups excluding carboxylic acids is 1. The molecule has 0 aliphatic rings. The molecule has 0 aliphatic heterocycles. The molecular formula is C12H10Cl2N4O2. The Morgan fingerprint density at radius 2 is 1.95 bits per heavy atom. The Morgan fingerprint density at radius 1 is 1.25 bits per heavy atom. The lowest BCUT2D eigenvalue weighted by Crippen LogP contribution is -2.21. The van der Waals surface area contributed by atoms with Crippen LogP contribution in [0.4, 0.5) is 11.5 Å². The summed E-state index contributed by atoms with van der Waals surface area (Å²) in [4.78, 5) is 19.2. The minimum Gasteiger partial charge on any atom is -0.484 e. The highest BCUT2D eigenvalue weighted by Crippen LogP contribution is 2.25. The average molecular weight is 313 g/mol. The highest BCUT2D eigenvalue weighted by Gasteiger charge is 2.11. The van der Waals surface area contributed by atoms with Gasteiger partial charge in [0.15, 0.2) is 17.6 Å². The molecule has 8 heteroatoms. The number of amides is 1. The number of benzene rings is 1. The second-order valence-corrected chi connectivity index (χ2v) is 4.47. The molecular weight excluding hydrogens is 303 g/mol. The van der Waals surface area contributed by atoms with Gasteiger partial charge in [0.25, 0.3) is 5.91 Å². The minimum absolute atomic E-state index is 0.0661. The number of nitrogens with zero attached hydrogens (tertiary/aromatic N) is 2. The molecule has 0 aliphatic carbocycles. The van der Waals surface area contributed by atoms with Crippen LogP contribution in [0.1, 0.15) is 0 Å². The van der Waals surface area contributed by atoms with E-state index in [0.717, 1.165) is 0 Å². The molecule has 2 rings (SSSR count). The number of hydrogen-bond acceptors (Lipinski definition) is 5. The van der Waals surface area contributed by atoms with Crippen LogP contribution in [0.15, 0.2) is 30.6 Å². The lowest BCUT2D eigenvalue weighted by molar-refractivity contribution is -0.118. The summed E-state index contributed by atoms with van der Waals surface area (Å²) in [6.07, 6.45) is 1.20. The van der Waals surface area contributed by atoms with E-state index in [1.165, 1.54) is 6.33 Å². The van der Waals surface area contributed by atoms with E-state index in [1.807, 2.05) is 0 Å². The molecule has 104 valence electrons. The fraction of sp³-hybridized carbons (Fsp3) is 0.0833. The summed E-state index contributed by atoms with van der Waals surface area (Å²) in [7, 11) is 0. The molecule has 1 heterocycles. The van der Waals surface area contributed by atoms with Gasteiger partial charge >= 0.3 is 0 Å². The molecule has 1 aromatic heterocycles. The Kier molecular flexibility index (Phi) is 4.60. The zero-order valence-corrected chi connectivity index (χ0v) is 11.6. The number of anilines is 2. The SMILES string of the molecule is Nc1ccc(OCC(=O)Nc2ncnc(Cl)c2Cl)cc1. The molecule has 0 bridgehead atoms. The summed E-state index contributed by atoms with van der Waals surface area (Å²) < 4.78 is 5.28. The van der Waals surface area contributed by atoms with E-state index in [0.29, 0.717) is 11.4 Å². The normalized spacial score (nSPS) is 10.1. The van der Waals surface area contributed by atoms with Gasteiger partial charge < -0.3 is 15.8 Å². The number of nitrogens with two attached hydrogens (primary N) is 1. The smallest absolute Gasteiger partial charge is 0.263 e. The number of nitrogens with one attached hydrogen (secondary N) is 1. The molecule has 1 amide bonds. The third-order valence-corrected chi connectivity index (χ3v) is 3.00. The van der Waals surface area contributed by atoms with Crippen molar-refractivity contribution < 1.29 is 9.53 Å². The van der Waals surface area contributed by atoms with Gasteiger partial charge in [-0.1, -0.05) is 23.2 Å². The van der Waals surface area contributed by atoms with Crippen LogP contribution >= 0.6 is 23.2 Å². The summed E-state index contributed by atoms with van der Waals surface area (Å²) in [5, 5.41) is 2.62. The summed E-state index contributed by atoms with van der Waals surface area (Å²) >= 11 is 11.6. The highest BCUT2D eigenvalue weighted by atomic mass is 35.5. The van der Waals surface area contributed by atoms with E-state index < -0.39 is 5.91 Å². The Balaban J connectivity index is 1.92. The maximum Gasteiger partial charge on any atom is 0.263 e. The second-order valence-electron chi connectivity index (χ2n) is 3.73. The number of rotatable bonds is 4. The molecule has 6 nitrogen and oxygen atoms in total. The average Bonchev–Trinajstić information content (AvgIpc) is 2.43. The maximum absolute atomic E-state index is 11.7. The van der Waals surface area contributed by atoms with Gasteiger partial charge in [-0.15, -0.1) is 0 Å². The number of ether oxygens (including phenoxy) is 1. The van der Waals surface area contributed by atoms with Gasteiger partial charge in [0.05, 0.1) is 0 Å². The summed E-state index contributed by atoms with van der Waals surface area (Å²) in [5.41, 5.74) is 6.15. The monoisotopic (exact) mass is 312 g/mol. The standard InChI is InChI=1S/C12H10Cl2N4O2/c13-10-11(14)16-6-17-12(10)18-9(19)5-20-8-3-1-7(15)2-4-8/h1-4,6H,5,15H2,(H,16,17,18,19). The lowest BCUT2D eigenvalue weighted by Gasteiger charge is -2.08. The fourth-order valence-corrected chi connectivity index (χ4v) is 1.59. The number of halogens is 2. The number of hydrogen-bond donors (Lipinski definition) is 2. The quantitative estimate of drug-likeness (QED) is 0.668. The number of nitrogen functional groups attached to an aromatic ring is 1. The van der Waals surface area contributed by atoms with Crippen LogP contribution in [0, 0.1) is 0 Å². The molecule has 2 aromatic rings. The van der Waals surface area contributed by atoms with Crippen LogP contribution in [0.3, 0.4) is 0 Å². The zero-order valence-electron chi connectivity index (χ0n) is 10.1. The Hall–Kier alpha value is -2.05. The largest absolute Gasteiger partial charge is 0.484 e. The van der Waals surface area contributed by atoms with Gasteiger partial charge in [0.1, 0.15) is 17.1 Å². The van der Waals surface area contributed by atoms with Crippen molar-refractivity contribution in [2.45, 2.75) is 0 Å². The van der Waals surface area contributed by atoms with Gasteiger partial charge in [-0.3, -0.25) is 4.79 Å². The van der Waals surface area contributed by atoms with Crippen LogP contribution in [-0.4, -0.2) is 22.5 Å². The first-order valence-corrected chi connectivity index (χ1v) is 6.26. The Morgan fingerprint density at radius 3 is 2.65 bits per heavy atom. The minimum atomic E-state index is -0.418. The molecule has 0 saturated carbocycles. The zero-order chi connectivity index (χ0) is 14.5. The lowest BCUT2D eigenvalue weighted by atomic mass is 10.3. The van der Waals surface area contributed by atoms with Gasteiger partial charge in [0, 0.05) is 5.69 Å². The van der Waals surface area contributed by atoms with E-state index in [9.17, 15) is 4.79 Å². The topological polar surface area (TPSA) is 90.1 Å². The summed E-state index contributed by atoms with van der Waals surface area (Å²) in [6, 6.07) is 6.68. The van der Waals surface area contributed by atoms with E-state index in [4.69, 9.17) is 33.7 Å². The molecule has 0 spiro atoms. The number of carbonyl (C=O) groups is 1. The first-order valence-electron chi connectivity index (χ1n) is 5.50. The first-order chi connectivity index (χ1) is 9.56. The molecule has 0 unspecified atom stereocenters. The van der Waals surface area contributed by atoms with Crippen LogP contribution in [-0.2, 0) is 4.79 Å². The molecule has 3 N–H and O–H groups in total. The van der Waals surface area contributed by atoms with Crippen molar-refractivity contribution in [1.29, 1.82) is 0 Å².